The molecule has 6 heteroatoms. The lowest BCUT2D eigenvalue weighted by atomic mass is 10.2. The van der Waals surface area contributed by atoms with Gasteiger partial charge in [0.2, 0.25) is 5.91 Å². The van der Waals surface area contributed by atoms with Crippen molar-refractivity contribution in [3.63, 3.8) is 0 Å². The van der Waals surface area contributed by atoms with Crippen molar-refractivity contribution in [1.29, 1.82) is 0 Å². The molecule has 0 fully saturated rings. The highest BCUT2D eigenvalue weighted by Gasteiger charge is 2.21. The number of hydrogen-bond acceptors (Lipinski definition) is 3. The van der Waals surface area contributed by atoms with E-state index in [1.807, 2.05) is 32.7 Å². The second-order valence-corrected chi connectivity index (χ2v) is 5.62. The maximum atomic E-state index is 12.1. The minimum Gasteiger partial charge on any atom is -0.397 e. The van der Waals surface area contributed by atoms with E-state index in [0.29, 0.717) is 21.4 Å². The summed E-state index contributed by atoms with van der Waals surface area (Å²) in [6.07, 6.45) is 0. The molecule has 1 rings (SSSR count). The van der Waals surface area contributed by atoms with Gasteiger partial charge in [-0.15, -0.1) is 0 Å². The van der Waals surface area contributed by atoms with Gasteiger partial charge in [-0.25, -0.2) is 0 Å². The zero-order chi connectivity index (χ0) is 14.7. The molecule has 0 radical (unpaired) electrons. The lowest BCUT2D eigenvalue weighted by Gasteiger charge is -2.27. The number of nitrogens with two attached hydrogens (primary N) is 1. The quantitative estimate of drug-likeness (QED) is 0.840. The molecule has 0 aliphatic heterocycles. The number of hydrogen-bond donors (Lipinski definition) is 2. The lowest BCUT2D eigenvalue weighted by Crippen LogP contribution is -2.43. The van der Waals surface area contributed by atoms with Gasteiger partial charge in [0, 0.05) is 11.1 Å². The molecule has 0 aliphatic carbocycles. The zero-order valence-electron chi connectivity index (χ0n) is 11.5. The number of carbonyl (C=O) groups excluding carboxylic acids is 1. The summed E-state index contributed by atoms with van der Waals surface area (Å²) in [5.74, 6) is -0.160. The molecule has 3 N–H and O–H groups in total. The number of halogens is 2. The first-order chi connectivity index (χ1) is 8.73. The largest absolute Gasteiger partial charge is 0.397 e. The number of rotatable bonds is 4. The van der Waals surface area contributed by atoms with Crippen LogP contribution in [-0.4, -0.2) is 29.9 Å². The minimum atomic E-state index is -0.286. The third-order valence-electron chi connectivity index (χ3n) is 3.14. The molecule has 0 spiro atoms. The summed E-state index contributed by atoms with van der Waals surface area (Å²) >= 11 is 11.9. The summed E-state index contributed by atoms with van der Waals surface area (Å²) in [6, 6.07) is 3.08. The monoisotopic (exact) mass is 303 g/mol. The molecule has 0 saturated heterocycles. The van der Waals surface area contributed by atoms with E-state index in [1.165, 1.54) is 0 Å². The van der Waals surface area contributed by atoms with Crippen molar-refractivity contribution in [3.8, 4) is 0 Å². The van der Waals surface area contributed by atoms with Crippen LogP contribution in [0.5, 0.6) is 0 Å². The first kappa shape index (κ1) is 16.1. The number of likely N-dealkylation sites (N-methyl/N-ethyl adjacent to an activating group) is 1. The molecule has 1 atom stereocenters. The molecule has 0 aliphatic rings. The fourth-order valence-corrected chi connectivity index (χ4v) is 2.14. The fraction of sp³-hybridized carbons (Fsp3) is 0.462. The van der Waals surface area contributed by atoms with Crippen molar-refractivity contribution in [3.05, 3.63) is 22.2 Å². The van der Waals surface area contributed by atoms with Gasteiger partial charge in [0.1, 0.15) is 0 Å². The Morgan fingerprint density at radius 2 is 1.89 bits per heavy atom. The van der Waals surface area contributed by atoms with E-state index in [9.17, 15) is 4.79 Å². The van der Waals surface area contributed by atoms with Crippen LogP contribution < -0.4 is 11.1 Å². The number of amides is 1. The van der Waals surface area contributed by atoms with Crippen molar-refractivity contribution in [1.82, 2.24) is 4.90 Å². The summed E-state index contributed by atoms with van der Waals surface area (Å²) in [6.45, 7) is 5.87. The predicted octanol–water partition coefficient (Wildman–Crippen LogP) is 3.24. The molecule has 0 aromatic heterocycles. The van der Waals surface area contributed by atoms with Crippen molar-refractivity contribution >= 4 is 40.5 Å². The molecule has 1 amide bonds. The third kappa shape index (κ3) is 4.00. The second kappa shape index (κ2) is 6.46. The van der Waals surface area contributed by atoms with Crippen LogP contribution >= 0.6 is 23.2 Å². The molecule has 1 unspecified atom stereocenters. The maximum absolute atomic E-state index is 12.1. The Hall–Kier alpha value is -0.970. The average molecular weight is 304 g/mol. The van der Waals surface area contributed by atoms with Crippen molar-refractivity contribution in [2.75, 3.05) is 18.1 Å². The highest BCUT2D eigenvalue weighted by atomic mass is 35.5. The lowest BCUT2D eigenvalue weighted by molar-refractivity contribution is -0.120. The van der Waals surface area contributed by atoms with Gasteiger partial charge in [0.25, 0.3) is 0 Å². The van der Waals surface area contributed by atoms with Crippen LogP contribution in [-0.2, 0) is 4.79 Å². The van der Waals surface area contributed by atoms with E-state index in [0.717, 1.165) is 0 Å². The summed E-state index contributed by atoms with van der Waals surface area (Å²) in [4.78, 5) is 14.1. The predicted molar refractivity (Wildman–Crippen MR) is 81.9 cm³/mol. The SMILES string of the molecule is CC(C)N(C)C(C)C(=O)Nc1c(N)cc(Cl)cc1Cl. The highest BCUT2D eigenvalue weighted by Crippen LogP contribution is 2.32. The molecule has 0 heterocycles. The smallest absolute Gasteiger partial charge is 0.241 e. The first-order valence-corrected chi connectivity index (χ1v) is 6.77. The van der Waals surface area contributed by atoms with Crippen LogP contribution in [0.3, 0.4) is 0 Å². The summed E-state index contributed by atoms with van der Waals surface area (Å²) in [5.41, 5.74) is 6.56. The Labute approximate surface area is 123 Å². The highest BCUT2D eigenvalue weighted by molar-refractivity contribution is 6.37. The summed E-state index contributed by atoms with van der Waals surface area (Å²) in [5, 5.41) is 3.51. The number of nitrogens with one attached hydrogen (secondary N) is 1. The standard InChI is InChI=1S/C13H19Cl2N3O/c1-7(2)18(4)8(3)13(19)17-12-10(15)5-9(14)6-11(12)16/h5-8H,16H2,1-4H3,(H,17,19). The minimum absolute atomic E-state index is 0.160. The Bertz CT molecular complexity index is 454. The van der Waals surface area contributed by atoms with E-state index in [4.69, 9.17) is 28.9 Å². The number of anilines is 2. The zero-order valence-corrected chi connectivity index (χ0v) is 13.0. The van der Waals surface area contributed by atoms with Crippen LogP contribution in [0.25, 0.3) is 0 Å². The topological polar surface area (TPSA) is 58.4 Å². The molecule has 0 bridgehead atoms. The van der Waals surface area contributed by atoms with Crippen molar-refractivity contribution < 1.29 is 4.79 Å². The van der Waals surface area contributed by atoms with E-state index in [-0.39, 0.29) is 18.0 Å². The molecule has 4 nitrogen and oxygen atoms in total. The summed E-state index contributed by atoms with van der Waals surface area (Å²) < 4.78 is 0. The second-order valence-electron chi connectivity index (χ2n) is 4.78. The van der Waals surface area contributed by atoms with E-state index < -0.39 is 0 Å². The molecule has 1 aromatic carbocycles. The number of benzene rings is 1. The van der Waals surface area contributed by atoms with E-state index >= 15 is 0 Å². The molecule has 106 valence electrons. The molecular formula is C13H19Cl2N3O. The van der Waals surface area contributed by atoms with Gasteiger partial charge in [-0.3, -0.25) is 9.69 Å². The molecule has 19 heavy (non-hydrogen) atoms. The van der Waals surface area contributed by atoms with Gasteiger partial charge in [-0.1, -0.05) is 23.2 Å². The Morgan fingerprint density at radius 1 is 1.32 bits per heavy atom. The Kier molecular flexibility index (Phi) is 5.47. The van der Waals surface area contributed by atoms with Crippen LogP contribution in [0.2, 0.25) is 10.0 Å². The molecule has 0 saturated carbocycles. The van der Waals surface area contributed by atoms with E-state index in [2.05, 4.69) is 5.32 Å². The maximum Gasteiger partial charge on any atom is 0.241 e. The van der Waals surface area contributed by atoms with Crippen LogP contribution in [0, 0.1) is 0 Å². The number of carbonyl (C=O) groups is 1. The van der Waals surface area contributed by atoms with Gasteiger partial charge in [-0.05, 0) is 40.0 Å². The van der Waals surface area contributed by atoms with E-state index in [1.54, 1.807) is 12.1 Å². The normalized spacial score (nSPS) is 12.8. The fourth-order valence-electron chi connectivity index (χ4n) is 1.59. The van der Waals surface area contributed by atoms with Crippen molar-refractivity contribution in [2.24, 2.45) is 0 Å². The van der Waals surface area contributed by atoms with Gasteiger partial charge >= 0.3 is 0 Å². The average Bonchev–Trinajstić information content (AvgIpc) is 2.31. The Morgan fingerprint density at radius 3 is 2.37 bits per heavy atom. The van der Waals surface area contributed by atoms with Crippen molar-refractivity contribution in [2.45, 2.75) is 32.9 Å². The van der Waals surface area contributed by atoms with Gasteiger partial charge < -0.3 is 11.1 Å². The Balaban J connectivity index is 2.89. The molecular weight excluding hydrogens is 285 g/mol. The summed E-state index contributed by atoms with van der Waals surface area (Å²) in [7, 11) is 1.89. The third-order valence-corrected chi connectivity index (χ3v) is 3.65. The number of nitrogen functional groups attached to an aromatic ring is 1. The van der Waals surface area contributed by atoms with Crippen LogP contribution in [0.15, 0.2) is 12.1 Å². The number of nitrogens with zero attached hydrogens (tertiary/aromatic N) is 1. The van der Waals surface area contributed by atoms with Gasteiger partial charge in [0.05, 0.1) is 22.4 Å². The van der Waals surface area contributed by atoms with Crippen LogP contribution in [0.1, 0.15) is 20.8 Å². The van der Waals surface area contributed by atoms with Crippen LogP contribution in [0.4, 0.5) is 11.4 Å². The van der Waals surface area contributed by atoms with Gasteiger partial charge in [-0.2, -0.15) is 0 Å². The molecule has 1 aromatic rings. The first-order valence-electron chi connectivity index (χ1n) is 6.01. The van der Waals surface area contributed by atoms with Gasteiger partial charge in [0.15, 0.2) is 0 Å².